The number of aliphatic carboxylic acids is 3. The molecular weight excluding hydrogens is 721 g/mol. The van der Waals surface area contributed by atoms with Crippen molar-refractivity contribution in [1.82, 2.24) is 0 Å². The second-order valence-corrected chi connectivity index (χ2v) is 15.3. The van der Waals surface area contributed by atoms with Gasteiger partial charge in [-0.25, -0.2) is 0 Å². The van der Waals surface area contributed by atoms with Crippen molar-refractivity contribution in [3.8, 4) is 0 Å². The fraction of sp³-hybridized carbons (Fsp3) is 0.812. The van der Waals surface area contributed by atoms with Crippen molar-refractivity contribution in [3.63, 3.8) is 0 Å². The Morgan fingerprint density at radius 1 is 0.351 bits per heavy atom. The molecular formula is C48H92O9. The third kappa shape index (κ3) is 60.3. The Morgan fingerprint density at radius 3 is 0.737 bits per heavy atom. The Labute approximate surface area is 350 Å². The van der Waals surface area contributed by atoms with E-state index in [1.165, 1.54) is 135 Å². The summed E-state index contributed by atoms with van der Waals surface area (Å²) in [5, 5.41) is 51.3. The van der Waals surface area contributed by atoms with Crippen LogP contribution in [-0.2, 0) is 14.4 Å². The number of allylic oxidation sites excluding steroid dienone is 6. The average Bonchev–Trinajstić information content (AvgIpc) is 3.19. The molecule has 9 nitrogen and oxygen atoms in total. The molecule has 57 heavy (non-hydrogen) atoms. The highest BCUT2D eigenvalue weighted by Crippen LogP contribution is 2.18. The molecule has 0 rings (SSSR count). The van der Waals surface area contributed by atoms with E-state index in [4.69, 9.17) is 30.6 Å². The molecule has 338 valence electrons. The zero-order chi connectivity index (χ0) is 43.5. The second kappa shape index (κ2) is 53.5. The molecule has 0 saturated heterocycles. The van der Waals surface area contributed by atoms with Gasteiger partial charge in [0, 0.05) is 24.7 Å². The maximum absolute atomic E-state index is 10.3. The van der Waals surface area contributed by atoms with Crippen LogP contribution in [0.5, 0.6) is 0 Å². The zero-order valence-electron chi connectivity index (χ0n) is 37.4. The van der Waals surface area contributed by atoms with Crippen molar-refractivity contribution in [2.24, 2.45) is 5.41 Å². The van der Waals surface area contributed by atoms with Gasteiger partial charge in [-0.2, -0.15) is 0 Å². The number of carboxylic acid groups (broad SMARTS) is 3. The van der Waals surface area contributed by atoms with Gasteiger partial charge in [-0.05, 0) is 83.5 Å². The van der Waals surface area contributed by atoms with E-state index in [2.05, 4.69) is 57.2 Å². The van der Waals surface area contributed by atoms with Crippen LogP contribution in [0.3, 0.4) is 0 Å². The maximum Gasteiger partial charge on any atom is 0.303 e. The quantitative estimate of drug-likeness (QED) is 0.0264. The van der Waals surface area contributed by atoms with Crippen molar-refractivity contribution in [3.05, 3.63) is 36.5 Å². The Morgan fingerprint density at radius 2 is 0.561 bits per heavy atom. The highest BCUT2D eigenvalue weighted by atomic mass is 16.4. The molecule has 0 spiro atoms. The smallest absolute Gasteiger partial charge is 0.303 e. The molecule has 0 amide bonds. The van der Waals surface area contributed by atoms with Crippen molar-refractivity contribution in [2.75, 3.05) is 19.8 Å². The fourth-order valence-corrected chi connectivity index (χ4v) is 5.36. The lowest BCUT2D eigenvalue weighted by Crippen LogP contribution is -2.32. The summed E-state index contributed by atoms with van der Waals surface area (Å²) in [5.74, 6) is -2.00. The van der Waals surface area contributed by atoms with Gasteiger partial charge in [0.1, 0.15) is 0 Å². The van der Waals surface area contributed by atoms with Crippen LogP contribution in [0.2, 0.25) is 0 Å². The molecule has 0 heterocycles. The van der Waals surface area contributed by atoms with Gasteiger partial charge in [0.05, 0.1) is 19.8 Å². The highest BCUT2D eigenvalue weighted by Gasteiger charge is 2.24. The summed E-state index contributed by atoms with van der Waals surface area (Å²) < 4.78 is 0. The van der Waals surface area contributed by atoms with E-state index in [9.17, 15) is 14.4 Å². The molecule has 6 N–H and O–H groups in total. The van der Waals surface area contributed by atoms with Crippen molar-refractivity contribution >= 4 is 17.9 Å². The third-order valence-corrected chi connectivity index (χ3v) is 9.71. The Balaban J connectivity index is -0.000000335. The van der Waals surface area contributed by atoms with Crippen LogP contribution in [0.1, 0.15) is 227 Å². The molecule has 0 fully saturated rings. The van der Waals surface area contributed by atoms with E-state index in [1.807, 2.05) is 6.92 Å². The van der Waals surface area contributed by atoms with Gasteiger partial charge in [-0.3, -0.25) is 14.4 Å². The van der Waals surface area contributed by atoms with Crippen molar-refractivity contribution in [1.29, 1.82) is 0 Å². The van der Waals surface area contributed by atoms with E-state index < -0.39 is 23.3 Å². The Bertz CT molecular complexity index is 792. The monoisotopic (exact) mass is 813 g/mol. The van der Waals surface area contributed by atoms with Crippen LogP contribution >= 0.6 is 0 Å². The SMILES string of the molecule is CCC(CO)(CO)CO.CCCC/C=C\CCCCCCCC(=O)O.CCCC/C=C\CCCCCCCC(=O)O.CCCC/C=C\CCCCCCCC(=O)O. The van der Waals surface area contributed by atoms with Crippen LogP contribution in [-0.4, -0.2) is 68.4 Å². The Kier molecular flexibility index (Phi) is 57.4. The fourth-order valence-electron chi connectivity index (χ4n) is 5.36. The van der Waals surface area contributed by atoms with Gasteiger partial charge in [0.2, 0.25) is 0 Å². The number of carbonyl (C=O) groups is 3. The number of hydrogen-bond donors (Lipinski definition) is 6. The van der Waals surface area contributed by atoms with E-state index in [1.54, 1.807) is 0 Å². The molecule has 0 unspecified atom stereocenters. The highest BCUT2D eigenvalue weighted by molar-refractivity contribution is 5.67. The molecule has 0 aliphatic heterocycles. The molecule has 0 bridgehead atoms. The third-order valence-electron chi connectivity index (χ3n) is 9.71. The van der Waals surface area contributed by atoms with Gasteiger partial charge < -0.3 is 30.6 Å². The second-order valence-electron chi connectivity index (χ2n) is 15.3. The normalized spacial score (nSPS) is 11.2. The number of aliphatic hydroxyl groups excluding tert-OH is 3. The van der Waals surface area contributed by atoms with Crippen molar-refractivity contribution < 1.29 is 45.0 Å². The van der Waals surface area contributed by atoms with Gasteiger partial charge in [0.25, 0.3) is 0 Å². The Hall–Kier alpha value is -2.49. The standard InChI is InChI=1S/3C14H26O2.C6H14O3/c3*1-2-3-4-5-6-7-8-9-10-11-12-13-14(15)16;1-2-6(3-7,4-8)5-9/h3*5-6H,2-4,7-13H2,1H3,(H,15,16);7-9H,2-5H2,1H3/b3*6-5-;. The number of carboxylic acids is 3. The van der Waals surface area contributed by atoms with Crippen LogP contribution < -0.4 is 0 Å². The van der Waals surface area contributed by atoms with E-state index in [-0.39, 0.29) is 19.8 Å². The van der Waals surface area contributed by atoms with Crippen LogP contribution in [0, 0.1) is 5.41 Å². The first kappa shape index (κ1) is 61.2. The number of unbranched alkanes of at least 4 members (excludes halogenated alkanes) is 21. The summed E-state index contributed by atoms with van der Waals surface area (Å²) in [6.45, 7) is 7.99. The molecule has 0 aromatic carbocycles. The van der Waals surface area contributed by atoms with Crippen LogP contribution in [0.15, 0.2) is 36.5 Å². The van der Waals surface area contributed by atoms with E-state index >= 15 is 0 Å². The molecule has 0 radical (unpaired) electrons. The summed E-state index contributed by atoms with van der Waals surface area (Å²) >= 11 is 0. The minimum absolute atomic E-state index is 0.156. The molecule has 9 heteroatoms. The summed E-state index contributed by atoms with van der Waals surface area (Å²) in [6.07, 6.45) is 46.9. The lowest BCUT2D eigenvalue weighted by Gasteiger charge is -2.24. The predicted octanol–water partition coefficient (Wildman–Crippen LogP) is 13.0. The largest absolute Gasteiger partial charge is 0.481 e. The van der Waals surface area contributed by atoms with Gasteiger partial charge in [0.15, 0.2) is 0 Å². The molecule has 0 saturated carbocycles. The van der Waals surface area contributed by atoms with Gasteiger partial charge >= 0.3 is 17.9 Å². The lowest BCUT2D eigenvalue weighted by atomic mass is 9.88. The summed E-state index contributed by atoms with van der Waals surface area (Å²) in [6, 6.07) is 0. The zero-order valence-corrected chi connectivity index (χ0v) is 37.4. The van der Waals surface area contributed by atoms with Crippen LogP contribution in [0.25, 0.3) is 0 Å². The first-order valence-electron chi connectivity index (χ1n) is 23.0. The predicted molar refractivity (Wildman–Crippen MR) is 240 cm³/mol. The van der Waals surface area contributed by atoms with Gasteiger partial charge in [-0.15, -0.1) is 0 Å². The first-order valence-corrected chi connectivity index (χ1v) is 23.0. The van der Waals surface area contributed by atoms with Crippen molar-refractivity contribution in [2.45, 2.75) is 227 Å². The van der Waals surface area contributed by atoms with E-state index in [0.29, 0.717) is 25.7 Å². The minimum atomic E-state index is -0.668. The minimum Gasteiger partial charge on any atom is -0.481 e. The molecule has 0 aliphatic rings. The first-order chi connectivity index (χ1) is 27.6. The number of aliphatic hydroxyl groups is 3. The average molecular weight is 813 g/mol. The molecule has 0 atom stereocenters. The topological polar surface area (TPSA) is 173 Å². The number of rotatable bonds is 37. The lowest BCUT2D eigenvalue weighted by molar-refractivity contribution is -0.138. The summed E-state index contributed by atoms with van der Waals surface area (Å²) in [4.78, 5) is 30.8. The molecule has 0 aromatic heterocycles. The maximum atomic E-state index is 10.3. The molecule has 0 aliphatic carbocycles. The van der Waals surface area contributed by atoms with Gasteiger partial charge in [-0.1, -0.05) is 160 Å². The molecule has 0 aromatic rings. The number of hydrogen-bond acceptors (Lipinski definition) is 6. The van der Waals surface area contributed by atoms with Crippen LogP contribution in [0.4, 0.5) is 0 Å². The summed E-state index contributed by atoms with van der Waals surface area (Å²) in [5.41, 5.74) is -0.667. The summed E-state index contributed by atoms with van der Waals surface area (Å²) in [7, 11) is 0. The van der Waals surface area contributed by atoms with E-state index in [0.717, 1.165) is 38.5 Å².